The van der Waals surface area contributed by atoms with Gasteiger partial charge in [-0.2, -0.15) is 10.2 Å². The number of nitrogens with zero attached hydrogens (tertiary/aromatic N) is 8. The van der Waals surface area contributed by atoms with Crippen molar-refractivity contribution in [3.05, 3.63) is 102 Å². The van der Waals surface area contributed by atoms with Gasteiger partial charge in [-0.3, -0.25) is 19.0 Å². The molecular weight excluding hydrogens is 940 g/mol. The number of halogens is 7. The Balaban J connectivity index is 0.000000210. The molecule has 0 saturated carbocycles. The number of hydrogen-bond acceptors (Lipinski definition) is 8. The number of rotatable bonds is 9. The average Bonchev–Trinajstić information content (AvgIpc) is 3.64. The van der Waals surface area contributed by atoms with Gasteiger partial charge in [0.05, 0.1) is 45.7 Å². The number of carbonyl (C=O) groups is 2. The zero-order valence-corrected chi connectivity index (χ0v) is 39.0. The van der Waals surface area contributed by atoms with Gasteiger partial charge < -0.3 is 29.1 Å². The second-order valence-corrected chi connectivity index (χ2v) is 17.1. The van der Waals surface area contributed by atoms with Gasteiger partial charge in [-0.1, -0.05) is 46.4 Å². The highest BCUT2D eigenvalue weighted by molar-refractivity contribution is 9.10. The number of methoxy groups -OCH3 is 2. The van der Waals surface area contributed by atoms with Gasteiger partial charge in [-0.05, 0) is 80.0 Å². The van der Waals surface area contributed by atoms with E-state index >= 15 is 0 Å². The molecule has 2 aromatic heterocycles. The van der Waals surface area contributed by atoms with Crippen LogP contribution in [0.1, 0.15) is 25.2 Å². The van der Waals surface area contributed by atoms with Gasteiger partial charge in [0.25, 0.3) is 0 Å². The van der Waals surface area contributed by atoms with E-state index in [1.807, 2.05) is 49.1 Å². The first-order chi connectivity index (χ1) is 29.0. The van der Waals surface area contributed by atoms with Crippen molar-refractivity contribution in [3.8, 4) is 22.8 Å². The van der Waals surface area contributed by atoms with Gasteiger partial charge >= 0.3 is 0 Å². The van der Waals surface area contributed by atoms with Crippen LogP contribution in [-0.2, 0) is 22.7 Å². The topological polar surface area (TPSA) is 101 Å². The Kier molecular flexibility index (Phi) is 15.0. The molecule has 2 saturated heterocycles. The van der Waals surface area contributed by atoms with Crippen molar-refractivity contribution < 1.29 is 27.8 Å². The van der Waals surface area contributed by atoms with Crippen molar-refractivity contribution in [1.82, 2.24) is 29.4 Å². The highest BCUT2D eigenvalue weighted by atomic mass is 79.9. The second-order valence-electron chi connectivity index (χ2n) is 14.8. The van der Waals surface area contributed by atoms with Gasteiger partial charge in [0.2, 0.25) is 11.8 Å². The van der Waals surface area contributed by atoms with Crippen LogP contribution in [0.25, 0.3) is 11.3 Å². The Morgan fingerprint density at radius 1 is 0.705 bits per heavy atom. The lowest BCUT2D eigenvalue weighted by atomic mass is 10.1. The van der Waals surface area contributed by atoms with E-state index in [9.17, 15) is 18.4 Å². The molecule has 5 aromatic rings. The summed E-state index contributed by atoms with van der Waals surface area (Å²) in [7, 11) is 3.18. The molecule has 2 atom stereocenters. The monoisotopic (exact) mass is 982 g/mol. The van der Waals surface area contributed by atoms with Gasteiger partial charge in [0, 0.05) is 86.5 Å². The fourth-order valence-electron chi connectivity index (χ4n) is 7.43. The number of piperazine rings is 2. The lowest BCUT2D eigenvalue weighted by molar-refractivity contribution is -0.135. The van der Waals surface area contributed by atoms with Crippen LogP contribution in [0.2, 0.25) is 20.1 Å². The predicted molar refractivity (Wildman–Crippen MR) is 240 cm³/mol. The number of anilines is 2. The normalized spacial score (nSPS) is 16.7. The molecule has 4 heterocycles. The van der Waals surface area contributed by atoms with E-state index in [1.54, 1.807) is 36.8 Å². The molecule has 19 heteroatoms. The molecule has 2 aliphatic heterocycles. The van der Waals surface area contributed by atoms with E-state index in [1.165, 1.54) is 10.7 Å². The standard InChI is InChI=1S/C24H24Cl2F2N4O2.C18H21BrCl2N4O2/c1-14-12-30(17-5-7-19(25)21(11-17)34-3)8-9-31(14)22(33)13-32-15(2)23(26)24(29-32)18-6-4-16(27)10-20(18)28;1-11-9-23(13-4-5-14(20)15(8-13)27-3)6-7-24(11)16(26)10-25-12(2)17(21)18(19)22-25/h4-7,10-11,14H,8-9,12-13H2,1-3H3;4-5,8,11H,6-7,9-10H2,1-3H3/t14-;11-/m00/s1. The molecule has 2 fully saturated rings. The summed E-state index contributed by atoms with van der Waals surface area (Å²) >= 11 is 28.1. The van der Waals surface area contributed by atoms with E-state index in [0.29, 0.717) is 63.0 Å². The average molecular weight is 986 g/mol. The molecule has 12 nitrogen and oxygen atoms in total. The Labute approximate surface area is 381 Å². The number of benzene rings is 3. The smallest absolute Gasteiger partial charge is 0.244 e. The number of hydrogen-bond donors (Lipinski definition) is 0. The fourth-order valence-corrected chi connectivity index (χ4v) is 8.67. The minimum absolute atomic E-state index is 0.0330. The van der Waals surface area contributed by atoms with Crippen molar-refractivity contribution in [2.24, 2.45) is 0 Å². The van der Waals surface area contributed by atoms with E-state index in [2.05, 4.69) is 42.9 Å². The summed E-state index contributed by atoms with van der Waals surface area (Å²) < 4.78 is 41.8. The first kappa shape index (κ1) is 46.2. The second kappa shape index (κ2) is 19.8. The van der Waals surface area contributed by atoms with Gasteiger partial charge in [-0.15, -0.1) is 0 Å². The maximum atomic E-state index is 14.3. The first-order valence-electron chi connectivity index (χ1n) is 19.3. The van der Waals surface area contributed by atoms with Crippen LogP contribution < -0.4 is 19.3 Å². The van der Waals surface area contributed by atoms with Crippen molar-refractivity contribution in [2.75, 3.05) is 63.3 Å². The number of aromatic nitrogens is 4. The van der Waals surface area contributed by atoms with Crippen LogP contribution in [0, 0.1) is 25.5 Å². The molecule has 0 unspecified atom stereocenters. The zero-order chi connectivity index (χ0) is 44.3. The molecule has 2 aliphatic rings. The molecular formula is C42H45BrCl4F2N8O4. The molecule has 0 bridgehead atoms. The van der Waals surface area contributed by atoms with Crippen LogP contribution in [-0.4, -0.2) is 107 Å². The zero-order valence-electron chi connectivity index (χ0n) is 34.4. The summed E-state index contributed by atoms with van der Waals surface area (Å²) in [5.74, 6) is -0.281. The Morgan fingerprint density at radius 3 is 1.61 bits per heavy atom. The maximum Gasteiger partial charge on any atom is 0.244 e. The summed E-state index contributed by atoms with van der Waals surface area (Å²) in [5.41, 5.74) is 3.58. The van der Waals surface area contributed by atoms with Gasteiger partial charge in [-0.25, -0.2) is 8.78 Å². The van der Waals surface area contributed by atoms with Crippen LogP contribution in [0.5, 0.6) is 11.5 Å². The quantitative estimate of drug-likeness (QED) is 0.144. The van der Waals surface area contributed by atoms with Crippen LogP contribution >= 0.6 is 62.3 Å². The molecule has 0 aliphatic carbocycles. The first-order valence-corrected chi connectivity index (χ1v) is 21.6. The van der Waals surface area contributed by atoms with Crippen molar-refractivity contribution in [1.29, 1.82) is 0 Å². The van der Waals surface area contributed by atoms with Crippen molar-refractivity contribution in [3.63, 3.8) is 0 Å². The molecule has 0 N–H and O–H groups in total. The Hall–Kier alpha value is -4.28. The van der Waals surface area contributed by atoms with Crippen molar-refractivity contribution >= 4 is 85.5 Å². The molecule has 0 spiro atoms. The summed E-state index contributed by atoms with van der Waals surface area (Å²) in [6, 6.07) is 14.6. The minimum Gasteiger partial charge on any atom is -0.495 e. The molecule has 61 heavy (non-hydrogen) atoms. The van der Waals surface area contributed by atoms with Gasteiger partial charge in [0.1, 0.15) is 46.5 Å². The molecule has 326 valence electrons. The Bertz CT molecular complexity index is 2420. The van der Waals surface area contributed by atoms with Crippen molar-refractivity contribution in [2.45, 2.75) is 52.9 Å². The van der Waals surface area contributed by atoms with E-state index < -0.39 is 11.6 Å². The summed E-state index contributed by atoms with van der Waals surface area (Å²) in [6.07, 6.45) is 0. The summed E-state index contributed by atoms with van der Waals surface area (Å²) in [5, 5.41) is 10.5. The van der Waals surface area contributed by atoms with Crippen LogP contribution in [0.4, 0.5) is 20.2 Å². The van der Waals surface area contributed by atoms with Crippen LogP contribution in [0.15, 0.2) is 59.2 Å². The molecule has 3 aromatic carbocycles. The predicted octanol–water partition coefficient (Wildman–Crippen LogP) is 9.20. The highest BCUT2D eigenvalue weighted by Gasteiger charge is 2.31. The fraction of sp³-hybridized carbons (Fsp3) is 0.381. The number of ether oxygens (including phenoxy) is 2. The largest absolute Gasteiger partial charge is 0.495 e. The number of carbonyl (C=O) groups excluding carboxylic acids is 2. The van der Waals surface area contributed by atoms with Crippen LogP contribution in [0.3, 0.4) is 0 Å². The third kappa shape index (κ3) is 10.3. The minimum atomic E-state index is -0.763. The molecule has 7 rings (SSSR count). The number of amides is 2. The maximum absolute atomic E-state index is 14.3. The highest BCUT2D eigenvalue weighted by Crippen LogP contribution is 2.34. The molecule has 0 radical (unpaired) electrons. The SMILES string of the molecule is COc1cc(N2CCN(C(=O)Cn3nc(-c4ccc(F)cc4F)c(Cl)c3C)[C@@H](C)C2)ccc1Cl.COc1cc(N2CCN(C(=O)Cn3nc(Br)c(Cl)c3C)[C@@H](C)C2)ccc1Cl. The summed E-state index contributed by atoms with van der Waals surface area (Å²) in [6.45, 7) is 11.7. The third-order valence-electron chi connectivity index (χ3n) is 10.9. The lowest BCUT2D eigenvalue weighted by Crippen LogP contribution is -2.54. The third-order valence-corrected chi connectivity index (χ3v) is 13.2. The van der Waals surface area contributed by atoms with E-state index in [-0.39, 0.29) is 53.3 Å². The van der Waals surface area contributed by atoms with Gasteiger partial charge in [0.15, 0.2) is 0 Å². The Morgan fingerprint density at radius 2 is 1.18 bits per heavy atom. The summed E-state index contributed by atoms with van der Waals surface area (Å²) in [4.78, 5) is 34.0. The molecule has 2 amide bonds. The van der Waals surface area contributed by atoms with E-state index in [0.717, 1.165) is 42.3 Å². The lowest BCUT2D eigenvalue weighted by Gasteiger charge is -2.41. The van der Waals surface area contributed by atoms with E-state index in [4.69, 9.17) is 55.9 Å².